The first-order chi connectivity index (χ1) is 10.9. The molecule has 2 aromatic carbocycles. The molecule has 4 aliphatic rings. The van der Waals surface area contributed by atoms with Crippen molar-refractivity contribution in [2.45, 2.75) is 26.4 Å². The highest BCUT2D eigenvalue weighted by molar-refractivity contribution is 5.22. The van der Waals surface area contributed by atoms with E-state index < -0.39 is 0 Å². The highest BCUT2D eigenvalue weighted by Crippen LogP contribution is 2.10. The molecule has 4 heteroatoms. The van der Waals surface area contributed by atoms with Gasteiger partial charge in [-0.25, -0.2) is 0 Å². The summed E-state index contributed by atoms with van der Waals surface area (Å²) in [4.78, 5) is 0. The smallest absolute Gasteiger partial charge is 0.147 e. The Hall–Kier alpha value is -1.72. The Bertz CT molecular complexity index is 459. The van der Waals surface area contributed by atoms with Gasteiger partial charge in [-0.3, -0.25) is 0 Å². The van der Waals surface area contributed by atoms with E-state index in [-0.39, 0.29) is 13.6 Å². The highest BCUT2D eigenvalue weighted by Gasteiger charge is 2.00. The van der Waals surface area contributed by atoms with E-state index in [2.05, 4.69) is 0 Å². The van der Waals surface area contributed by atoms with E-state index >= 15 is 0 Å². The zero-order valence-electron chi connectivity index (χ0n) is 12.5. The Labute approximate surface area is 130 Å². The third kappa shape index (κ3) is 4.64. The molecular weight excluding hydrogens is 280 g/mol. The Balaban J connectivity index is 1.62. The van der Waals surface area contributed by atoms with Crippen molar-refractivity contribution in [1.82, 2.24) is 0 Å². The van der Waals surface area contributed by atoms with Crippen LogP contribution in [-0.2, 0) is 45.4 Å². The topological polar surface area (TPSA) is 36.9 Å². The zero-order chi connectivity index (χ0) is 15.0. The van der Waals surface area contributed by atoms with Gasteiger partial charge in [0.25, 0.3) is 0 Å². The second-order valence-corrected chi connectivity index (χ2v) is 5.26. The maximum Gasteiger partial charge on any atom is 0.147 e. The van der Waals surface area contributed by atoms with Gasteiger partial charge >= 0.3 is 0 Å². The largest absolute Gasteiger partial charge is 0.351 e. The van der Waals surface area contributed by atoms with Crippen molar-refractivity contribution in [1.29, 1.82) is 0 Å². The van der Waals surface area contributed by atoms with Gasteiger partial charge in [0, 0.05) is 0 Å². The average molecular weight is 300 g/mol. The minimum absolute atomic E-state index is 0.287. The number of hydrogen-bond donors (Lipinski definition) is 0. The molecule has 0 atom stereocenters. The van der Waals surface area contributed by atoms with Crippen LogP contribution in [0.4, 0.5) is 0 Å². The lowest BCUT2D eigenvalue weighted by Crippen LogP contribution is -2.03. The minimum atomic E-state index is 0.287. The number of rotatable bonds is 0. The second kappa shape index (κ2) is 8.06. The van der Waals surface area contributed by atoms with E-state index in [4.69, 9.17) is 18.9 Å². The van der Waals surface area contributed by atoms with Crippen LogP contribution in [0.2, 0.25) is 0 Å². The number of hydrogen-bond acceptors (Lipinski definition) is 4. The normalized spacial score (nSPS) is 17.1. The molecule has 0 spiro atoms. The molecule has 4 bridgehead atoms. The Morgan fingerprint density at radius 1 is 0.409 bits per heavy atom. The van der Waals surface area contributed by atoms with E-state index in [1.807, 2.05) is 48.5 Å². The summed E-state index contributed by atoms with van der Waals surface area (Å²) in [6.07, 6.45) is 0. The monoisotopic (exact) mass is 300 g/mol. The summed E-state index contributed by atoms with van der Waals surface area (Å²) in [7, 11) is 0. The highest BCUT2D eigenvalue weighted by atomic mass is 16.7. The summed E-state index contributed by atoms with van der Waals surface area (Å²) in [6, 6.07) is 16.3. The van der Waals surface area contributed by atoms with Gasteiger partial charge in [0.1, 0.15) is 13.6 Å². The Morgan fingerprint density at radius 2 is 0.636 bits per heavy atom. The van der Waals surface area contributed by atoms with Crippen LogP contribution in [0, 0.1) is 0 Å². The lowest BCUT2D eigenvalue weighted by atomic mass is 10.1. The van der Waals surface area contributed by atoms with Crippen molar-refractivity contribution < 1.29 is 18.9 Å². The van der Waals surface area contributed by atoms with Gasteiger partial charge in [0.15, 0.2) is 0 Å². The first-order valence-corrected chi connectivity index (χ1v) is 7.37. The molecule has 0 unspecified atom stereocenters. The predicted octanol–water partition coefficient (Wildman–Crippen LogP) is 3.38. The molecule has 0 fully saturated rings. The molecule has 6 rings (SSSR count). The summed E-state index contributed by atoms with van der Waals surface area (Å²) in [6.45, 7) is 2.75. The fourth-order valence-corrected chi connectivity index (χ4v) is 2.22. The Kier molecular flexibility index (Phi) is 5.56. The van der Waals surface area contributed by atoms with Crippen LogP contribution in [0.25, 0.3) is 0 Å². The van der Waals surface area contributed by atoms with Gasteiger partial charge in [0.2, 0.25) is 0 Å². The quantitative estimate of drug-likeness (QED) is 0.747. The summed E-state index contributed by atoms with van der Waals surface area (Å²) in [5.41, 5.74) is 4.48. The van der Waals surface area contributed by atoms with Gasteiger partial charge in [-0.15, -0.1) is 0 Å². The summed E-state index contributed by atoms with van der Waals surface area (Å²) in [5, 5.41) is 0. The van der Waals surface area contributed by atoms with Gasteiger partial charge in [-0.2, -0.15) is 0 Å². The fourth-order valence-electron chi connectivity index (χ4n) is 2.22. The van der Waals surface area contributed by atoms with Gasteiger partial charge in [-0.05, 0) is 22.3 Å². The van der Waals surface area contributed by atoms with Crippen molar-refractivity contribution in [2.24, 2.45) is 0 Å². The van der Waals surface area contributed by atoms with Gasteiger partial charge in [-0.1, -0.05) is 48.5 Å². The molecular formula is C18H20O4. The maximum absolute atomic E-state index is 5.52. The maximum atomic E-state index is 5.52. The van der Waals surface area contributed by atoms with E-state index in [9.17, 15) is 0 Å². The summed E-state index contributed by atoms with van der Waals surface area (Å²) < 4.78 is 22.1. The van der Waals surface area contributed by atoms with Gasteiger partial charge in [0.05, 0.1) is 26.4 Å². The van der Waals surface area contributed by atoms with Crippen LogP contribution in [0.5, 0.6) is 0 Å². The standard InChI is InChI=1S/C18H20O4/c1-2-16-4-3-15(1)9-19-13-21-11-17-5-7-18(8-6-17)12-22-14-20-10-16/h1-8H,9-14H2. The van der Waals surface area contributed by atoms with E-state index in [1.54, 1.807) is 0 Å². The molecule has 0 N–H and O–H groups in total. The van der Waals surface area contributed by atoms with Crippen LogP contribution in [-0.4, -0.2) is 13.6 Å². The van der Waals surface area contributed by atoms with Crippen LogP contribution in [0.1, 0.15) is 22.3 Å². The van der Waals surface area contributed by atoms with Crippen LogP contribution < -0.4 is 0 Å². The molecule has 0 amide bonds. The van der Waals surface area contributed by atoms with Crippen molar-refractivity contribution in [3.8, 4) is 0 Å². The first kappa shape index (κ1) is 15.2. The molecule has 4 aliphatic heterocycles. The molecule has 0 aromatic heterocycles. The first-order valence-electron chi connectivity index (χ1n) is 7.37. The molecule has 0 aliphatic carbocycles. The van der Waals surface area contributed by atoms with Crippen LogP contribution in [0.15, 0.2) is 48.5 Å². The molecule has 0 saturated carbocycles. The molecule has 4 nitrogen and oxygen atoms in total. The van der Waals surface area contributed by atoms with E-state index in [0.29, 0.717) is 26.4 Å². The zero-order valence-corrected chi connectivity index (χ0v) is 12.5. The van der Waals surface area contributed by atoms with Crippen LogP contribution >= 0.6 is 0 Å². The van der Waals surface area contributed by atoms with Crippen molar-refractivity contribution in [2.75, 3.05) is 13.6 Å². The third-order valence-corrected chi connectivity index (χ3v) is 3.45. The van der Waals surface area contributed by atoms with Gasteiger partial charge < -0.3 is 18.9 Å². The van der Waals surface area contributed by atoms with Crippen LogP contribution in [0.3, 0.4) is 0 Å². The predicted molar refractivity (Wildman–Crippen MR) is 81.8 cm³/mol. The number of ether oxygens (including phenoxy) is 4. The number of benzene rings is 2. The fraction of sp³-hybridized carbons (Fsp3) is 0.333. The third-order valence-electron chi connectivity index (χ3n) is 3.45. The van der Waals surface area contributed by atoms with E-state index in [1.165, 1.54) is 0 Å². The van der Waals surface area contributed by atoms with Crippen molar-refractivity contribution in [3.63, 3.8) is 0 Å². The molecule has 116 valence electrons. The lowest BCUT2D eigenvalue weighted by molar-refractivity contribution is -0.0703. The molecule has 0 saturated heterocycles. The second-order valence-electron chi connectivity index (χ2n) is 5.26. The summed E-state index contributed by atoms with van der Waals surface area (Å²) in [5.74, 6) is 0. The Morgan fingerprint density at radius 3 is 0.864 bits per heavy atom. The molecule has 2 aromatic rings. The SMILES string of the molecule is c1cc2ccc1COCOCc1ccc(cc1)COCOC2. The average Bonchev–Trinajstić information content (AvgIpc) is 2.56. The van der Waals surface area contributed by atoms with Crippen molar-refractivity contribution in [3.05, 3.63) is 70.8 Å². The minimum Gasteiger partial charge on any atom is -0.351 e. The molecule has 4 heterocycles. The van der Waals surface area contributed by atoms with E-state index in [0.717, 1.165) is 22.3 Å². The summed E-state index contributed by atoms with van der Waals surface area (Å²) >= 11 is 0. The molecule has 0 radical (unpaired) electrons. The lowest BCUT2D eigenvalue weighted by Gasteiger charge is -2.10. The molecule has 22 heavy (non-hydrogen) atoms. The van der Waals surface area contributed by atoms with Crippen molar-refractivity contribution >= 4 is 0 Å².